The van der Waals surface area contributed by atoms with E-state index in [0.717, 1.165) is 0 Å². The molecule has 0 radical (unpaired) electrons. The molecular formula is C9H8ClNO5S. The topological polar surface area (TPSA) is 97.5 Å². The van der Waals surface area contributed by atoms with E-state index >= 15 is 0 Å². The molecule has 92 valence electrons. The monoisotopic (exact) mass is 277 g/mol. The third-order valence-corrected chi connectivity index (χ3v) is 3.41. The summed E-state index contributed by atoms with van der Waals surface area (Å²) in [6, 6.07) is 4.07. The molecule has 0 fully saturated rings. The first-order valence-corrected chi connectivity index (χ1v) is 6.27. The lowest BCUT2D eigenvalue weighted by molar-refractivity contribution is -0.385. The number of halogens is 1. The largest absolute Gasteiger partial charge is 0.481 e. The predicted molar refractivity (Wildman–Crippen MR) is 62.5 cm³/mol. The smallest absolute Gasteiger partial charge is 0.316 e. The van der Waals surface area contributed by atoms with Crippen LogP contribution in [0.25, 0.3) is 0 Å². The van der Waals surface area contributed by atoms with Crippen molar-refractivity contribution in [2.75, 3.05) is 5.75 Å². The van der Waals surface area contributed by atoms with E-state index in [-0.39, 0.29) is 22.0 Å². The molecule has 1 aromatic rings. The van der Waals surface area contributed by atoms with Crippen LogP contribution < -0.4 is 0 Å². The molecule has 1 atom stereocenters. The maximum absolute atomic E-state index is 11.4. The molecule has 17 heavy (non-hydrogen) atoms. The molecule has 1 N–H and O–H groups in total. The first kappa shape index (κ1) is 13.6. The highest BCUT2D eigenvalue weighted by Crippen LogP contribution is 2.27. The highest BCUT2D eigenvalue weighted by Gasteiger charge is 2.19. The van der Waals surface area contributed by atoms with Gasteiger partial charge in [0.2, 0.25) is 0 Å². The Morgan fingerprint density at radius 3 is 2.71 bits per heavy atom. The number of nitrogens with zero attached hydrogens (tertiary/aromatic N) is 1. The SMILES string of the molecule is O=C(O)CS(=O)Cc1c(Cl)cccc1[N+](=O)[O-]. The molecule has 0 amide bonds. The van der Waals surface area contributed by atoms with Gasteiger partial charge >= 0.3 is 5.97 Å². The molecule has 1 rings (SSSR count). The van der Waals surface area contributed by atoms with Gasteiger partial charge in [-0.2, -0.15) is 0 Å². The lowest BCUT2D eigenvalue weighted by atomic mass is 10.2. The first-order valence-electron chi connectivity index (χ1n) is 4.40. The minimum atomic E-state index is -1.73. The van der Waals surface area contributed by atoms with Gasteiger partial charge in [0, 0.05) is 16.9 Å². The molecule has 0 aliphatic rings. The Labute approximate surface area is 104 Å². The number of benzene rings is 1. The van der Waals surface area contributed by atoms with Crippen molar-refractivity contribution < 1.29 is 19.0 Å². The lowest BCUT2D eigenvalue weighted by Gasteiger charge is -2.04. The Bertz CT molecular complexity index is 490. The predicted octanol–water partition coefficient (Wildman–Crippen LogP) is 1.58. The number of hydrogen-bond acceptors (Lipinski definition) is 4. The van der Waals surface area contributed by atoms with Crippen LogP contribution >= 0.6 is 11.6 Å². The number of carboxylic acids is 1. The minimum absolute atomic E-state index is 0.0961. The van der Waals surface area contributed by atoms with Crippen LogP contribution in [-0.2, 0) is 21.3 Å². The van der Waals surface area contributed by atoms with Crippen LogP contribution in [0.1, 0.15) is 5.56 Å². The minimum Gasteiger partial charge on any atom is -0.481 e. The average Bonchev–Trinajstić information content (AvgIpc) is 2.19. The van der Waals surface area contributed by atoms with Gasteiger partial charge in [-0.1, -0.05) is 17.7 Å². The van der Waals surface area contributed by atoms with Gasteiger partial charge in [-0.15, -0.1) is 0 Å². The molecule has 0 heterocycles. The summed E-state index contributed by atoms with van der Waals surface area (Å²) in [7, 11) is -1.73. The van der Waals surface area contributed by atoms with Crippen LogP contribution in [0.15, 0.2) is 18.2 Å². The molecule has 0 bridgehead atoms. The van der Waals surface area contributed by atoms with Crippen molar-refractivity contribution in [2.24, 2.45) is 0 Å². The fourth-order valence-electron chi connectivity index (χ4n) is 1.21. The third-order valence-electron chi connectivity index (χ3n) is 1.88. The summed E-state index contributed by atoms with van der Waals surface area (Å²) in [6.07, 6.45) is 0. The standard InChI is InChI=1S/C9H8ClNO5S/c10-7-2-1-3-8(11(14)15)6(7)4-17(16)5-9(12)13/h1-3H,4-5H2,(H,12,13). The summed E-state index contributed by atoms with van der Waals surface area (Å²) in [6.45, 7) is 0. The quantitative estimate of drug-likeness (QED) is 0.651. The molecule has 0 aromatic heterocycles. The molecular weight excluding hydrogens is 270 g/mol. The Morgan fingerprint density at radius 1 is 1.53 bits per heavy atom. The summed E-state index contributed by atoms with van der Waals surface area (Å²) < 4.78 is 11.4. The number of carboxylic acid groups (broad SMARTS) is 1. The Hall–Kier alpha value is -1.47. The van der Waals surface area contributed by atoms with Gasteiger partial charge in [0.25, 0.3) is 5.69 Å². The van der Waals surface area contributed by atoms with E-state index < -0.39 is 27.4 Å². The number of nitro benzene ring substituents is 1. The van der Waals surface area contributed by atoms with Gasteiger partial charge in [0.1, 0.15) is 5.75 Å². The zero-order valence-corrected chi connectivity index (χ0v) is 10.0. The molecule has 1 aromatic carbocycles. The van der Waals surface area contributed by atoms with Crippen LogP contribution in [0.5, 0.6) is 0 Å². The van der Waals surface area contributed by atoms with Crippen molar-refractivity contribution >= 4 is 34.1 Å². The zero-order valence-electron chi connectivity index (χ0n) is 8.46. The molecule has 1 unspecified atom stereocenters. The Balaban J connectivity index is 3.01. The van der Waals surface area contributed by atoms with Gasteiger partial charge in [0.15, 0.2) is 0 Å². The van der Waals surface area contributed by atoms with Gasteiger partial charge in [0.05, 0.1) is 21.3 Å². The Kier molecular flexibility index (Phi) is 4.59. The molecule has 0 saturated heterocycles. The van der Waals surface area contributed by atoms with Gasteiger partial charge in [-0.3, -0.25) is 19.1 Å². The highest BCUT2D eigenvalue weighted by atomic mass is 35.5. The number of carbonyl (C=O) groups is 1. The van der Waals surface area contributed by atoms with E-state index in [2.05, 4.69) is 0 Å². The summed E-state index contributed by atoms with van der Waals surface area (Å²) in [5, 5.41) is 19.3. The van der Waals surface area contributed by atoms with E-state index in [1.807, 2.05) is 0 Å². The zero-order chi connectivity index (χ0) is 13.0. The summed E-state index contributed by atoms with van der Waals surface area (Å²) in [5.41, 5.74) is -0.157. The first-order chi connectivity index (χ1) is 7.91. The average molecular weight is 278 g/mol. The lowest BCUT2D eigenvalue weighted by Crippen LogP contribution is -2.11. The normalized spacial score (nSPS) is 12.1. The number of hydrogen-bond donors (Lipinski definition) is 1. The van der Waals surface area contributed by atoms with Gasteiger partial charge in [-0.05, 0) is 6.07 Å². The Morgan fingerprint density at radius 2 is 2.18 bits per heavy atom. The summed E-state index contributed by atoms with van der Waals surface area (Å²) >= 11 is 5.77. The van der Waals surface area contributed by atoms with E-state index in [0.29, 0.717) is 0 Å². The van der Waals surface area contributed by atoms with E-state index in [9.17, 15) is 19.1 Å². The molecule has 6 nitrogen and oxygen atoms in total. The fourth-order valence-corrected chi connectivity index (χ4v) is 2.53. The van der Waals surface area contributed by atoms with Crippen LogP contribution in [0.4, 0.5) is 5.69 Å². The summed E-state index contributed by atoms with van der Waals surface area (Å²) in [5.74, 6) is -2.04. The molecule has 0 aliphatic heterocycles. The maximum Gasteiger partial charge on any atom is 0.316 e. The van der Waals surface area contributed by atoms with E-state index in [4.69, 9.17) is 16.7 Å². The maximum atomic E-state index is 11.4. The van der Waals surface area contributed by atoms with Crippen LogP contribution in [0.2, 0.25) is 5.02 Å². The number of aliphatic carboxylic acids is 1. The van der Waals surface area contributed by atoms with Crippen LogP contribution in [0.3, 0.4) is 0 Å². The highest BCUT2D eigenvalue weighted by molar-refractivity contribution is 7.84. The van der Waals surface area contributed by atoms with E-state index in [1.54, 1.807) is 0 Å². The van der Waals surface area contributed by atoms with Crippen molar-refractivity contribution in [3.8, 4) is 0 Å². The summed E-state index contributed by atoms with van der Waals surface area (Å²) in [4.78, 5) is 20.4. The fraction of sp³-hybridized carbons (Fsp3) is 0.222. The third kappa shape index (κ3) is 3.79. The molecule has 0 saturated carbocycles. The van der Waals surface area contributed by atoms with Crippen molar-refractivity contribution in [3.63, 3.8) is 0 Å². The van der Waals surface area contributed by atoms with Crippen molar-refractivity contribution in [1.82, 2.24) is 0 Å². The molecule has 8 heteroatoms. The second-order valence-corrected chi connectivity index (χ2v) is 4.98. The van der Waals surface area contributed by atoms with Crippen LogP contribution in [-0.4, -0.2) is 26.0 Å². The number of rotatable bonds is 5. The van der Waals surface area contributed by atoms with Crippen molar-refractivity contribution in [2.45, 2.75) is 5.75 Å². The van der Waals surface area contributed by atoms with Crippen LogP contribution in [0, 0.1) is 10.1 Å². The van der Waals surface area contributed by atoms with Gasteiger partial charge < -0.3 is 5.11 Å². The van der Waals surface area contributed by atoms with Crippen molar-refractivity contribution in [1.29, 1.82) is 0 Å². The second kappa shape index (κ2) is 5.74. The number of nitro groups is 1. The molecule has 0 aliphatic carbocycles. The van der Waals surface area contributed by atoms with E-state index in [1.165, 1.54) is 18.2 Å². The van der Waals surface area contributed by atoms with Crippen molar-refractivity contribution in [3.05, 3.63) is 38.9 Å². The second-order valence-electron chi connectivity index (χ2n) is 3.12. The molecule has 0 spiro atoms. The van der Waals surface area contributed by atoms with Gasteiger partial charge in [-0.25, -0.2) is 0 Å².